The molecule has 1 heterocycles. The molecule has 1 unspecified atom stereocenters. The number of nitrogens with zero attached hydrogens (tertiary/aromatic N) is 2. The molecular formula is C19H17F2N3O2. The molecule has 0 spiro atoms. The number of halogens is 2. The van der Waals surface area contributed by atoms with Gasteiger partial charge in [-0.3, -0.25) is 4.79 Å². The van der Waals surface area contributed by atoms with E-state index in [9.17, 15) is 13.6 Å². The highest BCUT2D eigenvalue weighted by Crippen LogP contribution is 2.16. The summed E-state index contributed by atoms with van der Waals surface area (Å²) in [5.74, 6) is -0.532. The lowest BCUT2D eigenvalue weighted by Crippen LogP contribution is -2.30. The lowest BCUT2D eigenvalue weighted by atomic mass is 10.0. The SMILES string of the molecule is CC(Cc1ccc(F)cc1)C(=O)NCc1nc(-c2ccc(F)cc2)no1. The van der Waals surface area contributed by atoms with Gasteiger partial charge < -0.3 is 9.84 Å². The molecule has 1 atom stereocenters. The van der Waals surface area contributed by atoms with E-state index in [0.29, 0.717) is 17.8 Å². The number of benzene rings is 2. The second-order valence-electron chi connectivity index (χ2n) is 5.97. The number of hydrogen-bond acceptors (Lipinski definition) is 4. The van der Waals surface area contributed by atoms with Crippen molar-refractivity contribution in [2.24, 2.45) is 5.92 Å². The summed E-state index contributed by atoms with van der Waals surface area (Å²) in [6.45, 7) is 1.89. The van der Waals surface area contributed by atoms with E-state index >= 15 is 0 Å². The van der Waals surface area contributed by atoms with Gasteiger partial charge in [-0.05, 0) is 48.4 Å². The van der Waals surface area contributed by atoms with Gasteiger partial charge in [-0.2, -0.15) is 4.98 Å². The van der Waals surface area contributed by atoms with Crippen LogP contribution in [0.15, 0.2) is 53.1 Å². The molecule has 0 radical (unpaired) electrons. The van der Waals surface area contributed by atoms with Crippen LogP contribution in [-0.2, 0) is 17.8 Å². The number of carbonyl (C=O) groups is 1. The van der Waals surface area contributed by atoms with Crippen LogP contribution in [0.3, 0.4) is 0 Å². The van der Waals surface area contributed by atoms with Gasteiger partial charge >= 0.3 is 0 Å². The maximum atomic E-state index is 12.9. The zero-order chi connectivity index (χ0) is 18.5. The van der Waals surface area contributed by atoms with E-state index in [2.05, 4.69) is 15.5 Å². The third-order valence-electron chi connectivity index (χ3n) is 3.89. The molecule has 2 aromatic carbocycles. The summed E-state index contributed by atoms with van der Waals surface area (Å²) in [6, 6.07) is 11.8. The predicted molar refractivity (Wildman–Crippen MR) is 90.8 cm³/mol. The first-order valence-corrected chi connectivity index (χ1v) is 8.12. The highest BCUT2D eigenvalue weighted by molar-refractivity contribution is 5.78. The van der Waals surface area contributed by atoms with Crippen molar-refractivity contribution in [1.82, 2.24) is 15.5 Å². The van der Waals surface area contributed by atoms with Crippen LogP contribution in [-0.4, -0.2) is 16.0 Å². The van der Waals surface area contributed by atoms with Crippen LogP contribution in [0.1, 0.15) is 18.4 Å². The molecule has 1 aromatic heterocycles. The Bertz CT molecular complexity index is 877. The third-order valence-corrected chi connectivity index (χ3v) is 3.89. The molecule has 0 aliphatic heterocycles. The minimum absolute atomic E-state index is 0.0980. The average Bonchev–Trinajstić information content (AvgIpc) is 3.11. The Morgan fingerprint density at radius 1 is 1.08 bits per heavy atom. The lowest BCUT2D eigenvalue weighted by Gasteiger charge is -2.11. The number of amides is 1. The highest BCUT2D eigenvalue weighted by Gasteiger charge is 2.15. The number of hydrogen-bond donors (Lipinski definition) is 1. The minimum Gasteiger partial charge on any atom is -0.347 e. The summed E-state index contributed by atoms with van der Waals surface area (Å²) in [4.78, 5) is 16.4. The predicted octanol–water partition coefficient (Wildman–Crippen LogP) is 3.51. The quantitative estimate of drug-likeness (QED) is 0.733. The summed E-state index contributed by atoms with van der Waals surface area (Å²) in [5.41, 5.74) is 1.50. The molecule has 26 heavy (non-hydrogen) atoms. The first kappa shape index (κ1) is 17.7. The van der Waals surface area contributed by atoms with Crippen LogP contribution in [0.25, 0.3) is 11.4 Å². The topological polar surface area (TPSA) is 68.0 Å². The van der Waals surface area contributed by atoms with Gasteiger partial charge in [0.1, 0.15) is 11.6 Å². The molecule has 3 rings (SSSR count). The first-order chi connectivity index (χ1) is 12.5. The van der Waals surface area contributed by atoms with E-state index in [1.165, 1.54) is 24.3 Å². The second-order valence-corrected chi connectivity index (χ2v) is 5.97. The van der Waals surface area contributed by atoms with Crippen LogP contribution < -0.4 is 5.32 Å². The Balaban J connectivity index is 1.54. The van der Waals surface area contributed by atoms with Gasteiger partial charge in [0, 0.05) is 11.5 Å². The summed E-state index contributed by atoms with van der Waals surface area (Å²) in [7, 11) is 0. The standard InChI is InChI=1S/C19H17F2N3O2/c1-12(10-13-2-6-15(20)7-3-13)19(25)22-11-17-23-18(24-26-17)14-4-8-16(21)9-5-14/h2-9,12H,10-11H2,1H3,(H,22,25). The molecule has 0 aliphatic rings. The van der Waals surface area contributed by atoms with Gasteiger partial charge in [-0.25, -0.2) is 8.78 Å². The molecule has 1 amide bonds. The molecule has 0 fully saturated rings. The van der Waals surface area contributed by atoms with Gasteiger partial charge in [0.2, 0.25) is 17.6 Å². The van der Waals surface area contributed by atoms with Crippen LogP contribution in [0.5, 0.6) is 0 Å². The Morgan fingerprint density at radius 3 is 2.35 bits per heavy atom. The van der Waals surface area contributed by atoms with E-state index in [-0.39, 0.29) is 35.9 Å². The summed E-state index contributed by atoms with van der Waals surface area (Å²) < 4.78 is 31.0. The van der Waals surface area contributed by atoms with Crippen molar-refractivity contribution in [2.45, 2.75) is 19.9 Å². The molecule has 3 aromatic rings. The van der Waals surface area contributed by atoms with Gasteiger partial charge in [0.15, 0.2) is 0 Å². The minimum atomic E-state index is -0.347. The van der Waals surface area contributed by atoms with Crippen molar-refractivity contribution in [3.8, 4) is 11.4 Å². The van der Waals surface area contributed by atoms with E-state index < -0.39 is 0 Å². The van der Waals surface area contributed by atoms with Crippen molar-refractivity contribution >= 4 is 5.91 Å². The van der Waals surface area contributed by atoms with Gasteiger partial charge in [0.25, 0.3) is 0 Å². The average molecular weight is 357 g/mol. The van der Waals surface area contributed by atoms with Crippen LogP contribution in [0.2, 0.25) is 0 Å². The molecule has 0 bridgehead atoms. The van der Waals surface area contributed by atoms with Crippen molar-refractivity contribution in [1.29, 1.82) is 0 Å². The lowest BCUT2D eigenvalue weighted by molar-refractivity contribution is -0.124. The summed E-state index contributed by atoms with van der Waals surface area (Å²) in [5, 5.41) is 6.55. The highest BCUT2D eigenvalue weighted by atomic mass is 19.1. The molecule has 0 saturated heterocycles. The van der Waals surface area contributed by atoms with Crippen LogP contribution in [0.4, 0.5) is 8.78 Å². The molecular weight excluding hydrogens is 340 g/mol. The first-order valence-electron chi connectivity index (χ1n) is 8.12. The fourth-order valence-corrected chi connectivity index (χ4v) is 2.45. The normalized spacial score (nSPS) is 12.0. The number of rotatable bonds is 6. The zero-order valence-electron chi connectivity index (χ0n) is 14.1. The number of nitrogens with one attached hydrogen (secondary N) is 1. The van der Waals surface area contributed by atoms with Crippen molar-refractivity contribution in [2.75, 3.05) is 0 Å². The smallest absolute Gasteiger partial charge is 0.246 e. The Morgan fingerprint density at radius 2 is 1.69 bits per heavy atom. The Labute approximate surface area is 149 Å². The summed E-state index contributed by atoms with van der Waals surface area (Å²) in [6.07, 6.45) is 0.497. The number of carbonyl (C=O) groups excluding carboxylic acids is 1. The zero-order valence-corrected chi connectivity index (χ0v) is 14.1. The molecule has 0 aliphatic carbocycles. The van der Waals surface area contributed by atoms with Crippen molar-refractivity contribution in [3.63, 3.8) is 0 Å². The van der Waals surface area contributed by atoms with Crippen molar-refractivity contribution < 1.29 is 18.1 Å². The molecule has 5 nitrogen and oxygen atoms in total. The molecule has 134 valence electrons. The molecule has 7 heteroatoms. The summed E-state index contributed by atoms with van der Waals surface area (Å²) >= 11 is 0. The fraction of sp³-hybridized carbons (Fsp3) is 0.211. The van der Waals surface area contributed by atoms with E-state index in [0.717, 1.165) is 5.56 Å². The Hall–Kier alpha value is -3.09. The van der Waals surface area contributed by atoms with E-state index in [1.54, 1.807) is 31.2 Å². The fourth-order valence-electron chi connectivity index (χ4n) is 2.45. The molecule has 0 saturated carbocycles. The van der Waals surface area contributed by atoms with E-state index in [4.69, 9.17) is 4.52 Å². The van der Waals surface area contributed by atoms with Crippen molar-refractivity contribution in [3.05, 3.63) is 71.6 Å². The van der Waals surface area contributed by atoms with Gasteiger partial charge in [0.05, 0.1) is 6.54 Å². The van der Waals surface area contributed by atoms with E-state index in [1.807, 2.05) is 0 Å². The van der Waals surface area contributed by atoms with Gasteiger partial charge in [-0.15, -0.1) is 0 Å². The maximum Gasteiger partial charge on any atom is 0.246 e. The van der Waals surface area contributed by atoms with Crippen LogP contribution in [0, 0.1) is 17.6 Å². The second kappa shape index (κ2) is 7.86. The molecule has 1 N–H and O–H groups in total. The monoisotopic (exact) mass is 357 g/mol. The maximum absolute atomic E-state index is 12.9. The third kappa shape index (κ3) is 4.50. The Kier molecular flexibility index (Phi) is 5.36. The largest absolute Gasteiger partial charge is 0.347 e. The van der Waals surface area contributed by atoms with Crippen LogP contribution >= 0.6 is 0 Å². The van der Waals surface area contributed by atoms with Gasteiger partial charge in [-0.1, -0.05) is 24.2 Å². The number of aromatic nitrogens is 2.